The molecular formula is C20H22N4. The number of nitriles is 1. The van der Waals surface area contributed by atoms with Gasteiger partial charge in [0.15, 0.2) is 0 Å². The summed E-state index contributed by atoms with van der Waals surface area (Å²) in [5, 5.41) is 9.39. The average Bonchev–Trinajstić information content (AvgIpc) is 2.94. The summed E-state index contributed by atoms with van der Waals surface area (Å²) < 4.78 is 0. The van der Waals surface area contributed by atoms with Gasteiger partial charge < -0.3 is 4.90 Å². The summed E-state index contributed by atoms with van der Waals surface area (Å²) in [5.74, 6) is 1.51. The van der Waals surface area contributed by atoms with Crippen LogP contribution in [0.2, 0.25) is 0 Å². The Morgan fingerprint density at radius 2 is 1.92 bits per heavy atom. The Balaban J connectivity index is 1.56. The lowest BCUT2D eigenvalue weighted by Crippen LogP contribution is -2.43. The second-order valence-corrected chi connectivity index (χ2v) is 6.90. The molecule has 1 aromatic heterocycles. The van der Waals surface area contributed by atoms with Crippen molar-refractivity contribution in [3.8, 4) is 6.07 Å². The van der Waals surface area contributed by atoms with E-state index in [0.717, 1.165) is 32.0 Å². The van der Waals surface area contributed by atoms with E-state index >= 15 is 0 Å². The zero-order valence-electron chi connectivity index (χ0n) is 13.8. The Morgan fingerprint density at radius 3 is 2.75 bits per heavy atom. The molecule has 2 bridgehead atoms. The van der Waals surface area contributed by atoms with Crippen LogP contribution in [0.15, 0.2) is 48.7 Å². The first-order valence-electron chi connectivity index (χ1n) is 8.71. The third-order valence-electron chi connectivity index (χ3n) is 5.26. The highest BCUT2D eigenvalue weighted by atomic mass is 15.3. The number of nitrogens with zero attached hydrogens (tertiary/aromatic N) is 4. The van der Waals surface area contributed by atoms with E-state index in [1.807, 2.05) is 12.1 Å². The smallest absolute Gasteiger partial charge is 0.146 e. The molecule has 5 rings (SSSR count). The molecule has 3 saturated heterocycles. The van der Waals surface area contributed by atoms with Crippen molar-refractivity contribution in [1.29, 1.82) is 5.26 Å². The molecule has 3 fully saturated rings. The van der Waals surface area contributed by atoms with E-state index in [0.29, 0.717) is 17.5 Å². The van der Waals surface area contributed by atoms with E-state index in [1.54, 1.807) is 6.20 Å². The van der Waals surface area contributed by atoms with Gasteiger partial charge in [-0.3, -0.25) is 4.90 Å². The molecule has 2 atom stereocenters. The first kappa shape index (κ1) is 15.2. The fourth-order valence-electron chi connectivity index (χ4n) is 4.10. The fourth-order valence-corrected chi connectivity index (χ4v) is 4.10. The third-order valence-corrected chi connectivity index (χ3v) is 5.26. The molecule has 4 nitrogen and oxygen atoms in total. The lowest BCUT2D eigenvalue weighted by atomic mass is 9.94. The quantitative estimate of drug-likeness (QED) is 0.872. The van der Waals surface area contributed by atoms with Gasteiger partial charge in [0.05, 0.1) is 5.56 Å². The summed E-state index contributed by atoms with van der Waals surface area (Å²) in [6, 6.07) is 17.3. The molecule has 2 aromatic rings. The maximum absolute atomic E-state index is 9.39. The molecule has 1 aromatic carbocycles. The highest BCUT2D eigenvalue weighted by molar-refractivity contribution is 5.54. The molecule has 4 heterocycles. The summed E-state index contributed by atoms with van der Waals surface area (Å²) >= 11 is 0. The van der Waals surface area contributed by atoms with Crippen LogP contribution in [-0.4, -0.2) is 35.6 Å². The fraction of sp³-hybridized carbons (Fsp3) is 0.400. The molecule has 0 radical (unpaired) electrons. The number of hydrogen-bond acceptors (Lipinski definition) is 4. The maximum Gasteiger partial charge on any atom is 0.146 e. The number of benzene rings is 1. The number of aromatic nitrogens is 1. The van der Waals surface area contributed by atoms with Crippen molar-refractivity contribution in [2.24, 2.45) is 5.92 Å². The van der Waals surface area contributed by atoms with Crippen LogP contribution in [0.1, 0.15) is 24.0 Å². The van der Waals surface area contributed by atoms with Gasteiger partial charge in [0, 0.05) is 38.4 Å². The standard InChI is InChI=1S/C20H22N4/c21-11-18-7-4-10-22-20(18)24-14-17-8-9-19(15-24)23(13-17)12-16-5-2-1-3-6-16/h1-7,10,17,19H,8-9,12-15H2/t17-,19-/m1/s1. The normalized spacial score (nSPS) is 23.7. The van der Waals surface area contributed by atoms with Crippen molar-refractivity contribution in [3.05, 3.63) is 59.8 Å². The molecule has 0 spiro atoms. The molecule has 3 aliphatic heterocycles. The third kappa shape index (κ3) is 3.00. The van der Waals surface area contributed by atoms with Gasteiger partial charge in [-0.25, -0.2) is 4.98 Å². The van der Waals surface area contributed by atoms with Gasteiger partial charge >= 0.3 is 0 Å². The Morgan fingerprint density at radius 1 is 1.04 bits per heavy atom. The summed E-state index contributed by atoms with van der Waals surface area (Å²) in [6.07, 6.45) is 4.31. The number of rotatable bonds is 3. The van der Waals surface area contributed by atoms with E-state index in [4.69, 9.17) is 0 Å². The molecule has 3 aliphatic rings. The van der Waals surface area contributed by atoms with Gasteiger partial charge in [0.2, 0.25) is 0 Å². The van der Waals surface area contributed by atoms with Crippen LogP contribution in [0.4, 0.5) is 5.82 Å². The maximum atomic E-state index is 9.39. The Labute approximate surface area is 143 Å². The second kappa shape index (κ2) is 6.62. The number of pyridine rings is 1. The van der Waals surface area contributed by atoms with Crippen molar-refractivity contribution >= 4 is 5.82 Å². The van der Waals surface area contributed by atoms with E-state index in [2.05, 4.69) is 51.2 Å². The lowest BCUT2D eigenvalue weighted by Gasteiger charge is -2.36. The van der Waals surface area contributed by atoms with Crippen molar-refractivity contribution < 1.29 is 0 Å². The molecule has 0 saturated carbocycles. The molecule has 0 aliphatic carbocycles. The zero-order valence-corrected chi connectivity index (χ0v) is 13.8. The minimum absolute atomic E-state index is 0.539. The van der Waals surface area contributed by atoms with E-state index in [9.17, 15) is 5.26 Å². The van der Waals surface area contributed by atoms with Gasteiger partial charge in [-0.1, -0.05) is 30.3 Å². The Bertz CT molecular complexity index is 737. The van der Waals surface area contributed by atoms with E-state index in [-0.39, 0.29) is 0 Å². The highest BCUT2D eigenvalue weighted by Gasteiger charge is 2.35. The molecule has 0 N–H and O–H groups in total. The Kier molecular flexibility index (Phi) is 4.18. The topological polar surface area (TPSA) is 43.2 Å². The summed E-state index contributed by atoms with van der Waals surface area (Å²) in [7, 11) is 0. The zero-order chi connectivity index (χ0) is 16.4. The molecule has 24 heavy (non-hydrogen) atoms. The average molecular weight is 318 g/mol. The van der Waals surface area contributed by atoms with Crippen LogP contribution in [-0.2, 0) is 6.54 Å². The van der Waals surface area contributed by atoms with E-state index in [1.165, 1.54) is 18.4 Å². The van der Waals surface area contributed by atoms with Crippen LogP contribution >= 0.6 is 0 Å². The molecule has 122 valence electrons. The van der Waals surface area contributed by atoms with Gasteiger partial charge in [0.25, 0.3) is 0 Å². The monoisotopic (exact) mass is 318 g/mol. The lowest BCUT2D eigenvalue weighted by molar-refractivity contribution is 0.126. The SMILES string of the molecule is N#Cc1cccnc1N1C[C@@H]2CC[C@H](C1)N(Cc1ccccc1)C2. The first-order valence-corrected chi connectivity index (χ1v) is 8.71. The largest absolute Gasteiger partial charge is 0.354 e. The van der Waals surface area contributed by atoms with Crippen molar-refractivity contribution in [2.75, 3.05) is 24.5 Å². The molecule has 0 unspecified atom stereocenters. The van der Waals surface area contributed by atoms with Gasteiger partial charge in [-0.15, -0.1) is 0 Å². The summed E-state index contributed by atoms with van der Waals surface area (Å²) in [6.45, 7) is 4.14. The minimum atomic E-state index is 0.539. The number of fused-ring (bicyclic) bond motifs is 4. The van der Waals surface area contributed by atoms with Gasteiger partial charge in [0.1, 0.15) is 11.9 Å². The number of piperidine rings is 1. The highest BCUT2D eigenvalue weighted by Crippen LogP contribution is 2.32. The number of anilines is 1. The van der Waals surface area contributed by atoms with E-state index < -0.39 is 0 Å². The van der Waals surface area contributed by atoms with Crippen LogP contribution in [0.25, 0.3) is 0 Å². The summed E-state index contributed by atoms with van der Waals surface area (Å²) in [5.41, 5.74) is 2.07. The Hall–Kier alpha value is -2.38. The molecule has 4 heteroatoms. The predicted octanol–water partition coefficient (Wildman–Crippen LogP) is 3.05. The molecule has 0 amide bonds. The van der Waals surface area contributed by atoms with Crippen molar-refractivity contribution in [1.82, 2.24) is 9.88 Å². The summed E-state index contributed by atoms with van der Waals surface area (Å²) in [4.78, 5) is 9.47. The van der Waals surface area contributed by atoms with Crippen molar-refractivity contribution in [2.45, 2.75) is 25.4 Å². The predicted molar refractivity (Wildman–Crippen MR) is 94.5 cm³/mol. The van der Waals surface area contributed by atoms with Crippen LogP contribution < -0.4 is 4.90 Å². The van der Waals surface area contributed by atoms with Crippen LogP contribution in [0, 0.1) is 17.2 Å². The first-order chi connectivity index (χ1) is 11.8. The molecular weight excluding hydrogens is 296 g/mol. The van der Waals surface area contributed by atoms with Gasteiger partial charge in [-0.05, 0) is 36.5 Å². The minimum Gasteiger partial charge on any atom is -0.354 e. The van der Waals surface area contributed by atoms with Crippen LogP contribution in [0.5, 0.6) is 0 Å². The van der Waals surface area contributed by atoms with Crippen molar-refractivity contribution in [3.63, 3.8) is 0 Å². The second-order valence-electron chi connectivity index (χ2n) is 6.90. The van der Waals surface area contributed by atoms with Gasteiger partial charge in [-0.2, -0.15) is 5.26 Å². The van der Waals surface area contributed by atoms with Crippen LogP contribution in [0.3, 0.4) is 0 Å². The number of hydrogen-bond donors (Lipinski definition) is 0.